The van der Waals surface area contributed by atoms with Crippen molar-refractivity contribution in [2.75, 3.05) is 0 Å². The Hall–Kier alpha value is -1.93. The number of rotatable bonds is 5. The maximum Gasteiger partial charge on any atom is 0.331 e. The third kappa shape index (κ3) is 3.28. The lowest BCUT2D eigenvalue weighted by atomic mass is 10.2. The van der Waals surface area contributed by atoms with E-state index < -0.39 is 27.9 Å². The van der Waals surface area contributed by atoms with Crippen molar-refractivity contribution in [3.8, 4) is 0 Å². The number of hydrogen-bond acceptors (Lipinski definition) is 4. The number of carboxylic acids is 1. The van der Waals surface area contributed by atoms with E-state index in [2.05, 4.69) is 0 Å². The Labute approximate surface area is 104 Å². The topological polar surface area (TPSA) is 127 Å². The average Bonchev–Trinajstić information content (AvgIpc) is 2.26. The Morgan fingerprint density at radius 2 is 1.78 bits per heavy atom. The minimum absolute atomic E-state index is 0.138. The molecule has 0 saturated carbocycles. The smallest absolute Gasteiger partial charge is 0.331 e. The quantitative estimate of drug-likeness (QED) is 0.605. The van der Waals surface area contributed by atoms with Crippen LogP contribution in [0.4, 0.5) is 0 Å². The molecule has 0 spiro atoms. The average molecular weight is 272 g/mol. The number of carbonyl (C=O) groups excluding carboxylic acids is 1. The molecule has 0 fully saturated rings. The molecule has 0 saturated heterocycles. The molecule has 1 aromatic carbocycles. The van der Waals surface area contributed by atoms with E-state index in [1.54, 1.807) is 23.8 Å². The first-order chi connectivity index (χ1) is 8.24. The van der Waals surface area contributed by atoms with E-state index in [1.807, 2.05) is 0 Å². The number of sulfonamides is 1. The maximum absolute atomic E-state index is 11.8. The molecule has 1 atom stereocenters. The second-order valence-electron chi connectivity index (χ2n) is 3.61. The lowest BCUT2D eigenvalue weighted by Crippen LogP contribution is -2.49. The standard InChI is InChI=1S/C10H12N2O5S/c1-6-2-4-7(5-3-6)18(16,17)12-8(9(11)13)10(14)15/h2-5,8,12H,1H3,(H2,11,13)(H,14,15). The molecule has 18 heavy (non-hydrogen) atoms. The van der Waals surface area contributed by atoms with Gasteiger partial charge in [-0.25, -0.2) is 13.2 Å². The molecule has 0 radical (unpaired) electrons. The third-order valence-corrected chi connectivity index (χ3v) is 3.57. The molecule has 1 amide bonds. The van der Waals surface area contributed by atoms with Crippen molar-refractivity contribution in [1.29, 1.82) is 0 Å². The number of aryl methyl sites for hydroxylation is 1. The van der Waals surface area contributed by atoms with Crippen molar-refractivity contribution in [2.24, 2.45) is 5.73 Å². The summed E-state index contributed by atoms with van der Waals surface area (Å²) in [6, 6.07) is 3.72. The second-order valence-corrected chi connectivity index (χ2v) is 5.32. The van der Waals surface area contributed by atoms with Gasteiger partial charge in [0.1, 0.15) is 0 Å². The van der Waals surface area contributed by atoms with Crippen molar-refractivity contribution in [1.82, 2.24) is 4.72 Å². The van der Waals surface area contributed by atoms with Crippen molar-refractivity contribution in [3.05, 3.63) is 29.8 Å². The molecule has 0 aliphatic rings. The minimum atomic E-state index is -4.10. The predicted octanol–water partition coefficient (Wildman–Crippen LogP) is -0.788. The van der Waals surface area contributed by atoms with Gasteiger partial charge in [-0.15, -0.1) is 0 Å². The molecule has 98 valence electrons. The molecule has 1 unspecified atom stereocenters. The highest BCUT2D eigenvalue weighted by Gasteiger charge is 2.29. The normalized spacial score (nSPS) is 12.9. The Kier molecular flexibility index (Phi) is 4.04. The number of amides is 1. The lowest BCUT2D eigenvalue weighted by molar-refractivity contribution is -0.142. The van der Waals surface area contributed by atoms with Crippen molar-refractivity contribution in [2.45, 2.75) is 17.9 Å². The zero-order valence-corrected chi connectivity index (χ0v) is 10.3. The van der Waals surface area contributed by atoms with Gasteiger partial charge in [0.15, 0.2) is 6.04 Å². The third-order valence-electron chi connectivity index (χ3n) is 2.14. The van der Waals surface area contributed by atoms with E-state index in [0.717, 1.165) is 5.56 Å². The fourth-order valence-electron chi connectivity index (χ4n) is 1.17. The van der Waals surface area contributed by atoms with E-state index in [1.165, 1.54) is 12.1 Å². The molecular weight excluding hydrogens is 260 g/mol. The van der Waals surface area contributed by atoms with Crippen molar-refractivity contribution < 1.29 is 23.1 Å². The summed E-state index contributed by atoms with van der Waals surface area (Å²) in [4.78, 5) is 21.4. The SMILES string of the molecule is Cc1ccc(S(=O)(=O)NC(C(N)=O)C(=O)O)cc1. The molecule has 0 aromatic heterocycles. The first-order valence-corrected chi connectivity index (χ1v) is 6.33. The van der Waals surface area contributed by atoms with Crippen LogP contribution in [0.25, 0.3) is 0 Å². The van der Waals surface area contributed by atoms with Crippen LogP contribution in [-0.2, 0) is 19.6 Å². The van der Waals surface area contributed by atoms with Crippen molar-refractivity contribution in [3.63, 3.8) is 0 Å². The van der Waals surface area contributed by atoms with Crippen LogP contribution < -0.4 is 10.5 Å². The van der Waals surface area contributed by atoms with Gasteiger partial charge < -0.3 is 10.8 Å². The molecule has 0 aliphatic heterocycles. The van der Waals surface area contributed by atoms with Crippen molar-refractivity contribution >= 4 is 21.9 Å². The van der Waals surface area contributed by atoms with Gasteiger partial charge in [0.25, 0.3) is 0 Å². The number of hydrogen-bond donors (Lipinski definition) is 3. The molecule has 7 nitrogen and oxygen atoms in total. The van der Waals surface area contributed by atoms with Gasteiger partial charge in [-0.3, -0.25) is 4.79 Å². The van der Waals surface area contributed by atoms with Gasteiger partial charge in [-0.1, -0.05) is 17.7 Å². The van der Waals surface area contributed by atoms with Gasteiger partial charge in [-0.2, -0.15) is 4.72 Å². The molecule has 1 aromatic rings. The van der Waals surface area contributed by atoms with Crippen LogP contribution in [0.5, 0.6) is 0 Å². The summed E-state index contributed by atoms with van der Waals surface area (Å²) in [6.45, 7) is 1.77. The predicted molar refractivity (Wildman–Crippen MR) is 62.1 cm³/mol. The van der Waals surface area contributed by atoms with Crippen LogP contribution in [-0.4, -0.2) is 31.4 Å². The fourth-order valence-corrected chi connectivity index (χ4v) is 2.33. The van der Waals surface area contributed by atoms with Gasteiger partial charge in [0, 0.05) is 0 Å². The number of carbonyl (C=O) groups is 2. The highest BCUT2D eigenvalue weighted by molar-refractivity contribution is 7.89. The Balaban J connectivity index is 3.04. The summed E-state index contributed by atoms with van der Waals surface area (Å²) in [7, 11) is -4.10. The number of carboxylic acid groups (broad SMARTS) is 1. The van der Waals surface area contributed by atoms with Gasteiger partial charge in [0.2, 0.25) is 15.9 Å². The number of aliphatic carboxylic acids is 1. The molecular formula is C10H12N2O5S. The number of nitrogens with two attached hydrogens (primary N) is 1. The van der Waals surface area contributed by atoms with Gasteiger partial charge in [-0.05, 0) is 19.1 Å². The van der Waals surface area contributed by atoms with Gasteiger partial charge in [0.05, 0.1) is 4.90 Å². The molecule has 0 heterocycles. The fraction of sp³-hybridized carbons (Fsp3) is 0.200. The summed E-state index contributed by atoms with van der Waals surface area (Å²) in [6.07, 6.45) is 0. The molecule has 4 N–H and O–H groups in total. The Bertz CT molecular complexity index is 550. The monoisotopic (exact) mass is 272 g/mol. The van der Waals surface area contributed by atoms with E-state index in [9.17, 15) is 18.0 Å². The maximum atomic E-state index is 11.8. The number of nitrogens with one attached hydrogen (secondary N) is 1. The molecule has 0 bridgehead atoms. The summed E-state index contributed by atoms with van der Waals surface area (Å²) in [5.74, 6) is -2.93. The van der Waals surface area contributed by atoms with E-state index in [4.69, 9.17) is 10.8 Å². The van der Waals surface area contributed by atoms with Crippen LogP contribution >= 0.6 is 0 Å². The first-order valence-electron chi connectivity index (χ1n) is 4.85. The van der Waals surface area contributed by atoms with Crippen LogP contribution in [0, 0.1) is 6.92 Å². The number of benzene rings is 1. The largest absolute Gasteiger partial charge is 0.480 e. The number of primary amides is 1. The van der Waals surface area contributed by atoms with Gasteiger partial charge >= 0.3 is 5.97 Å². The summed E-state index contributed by atoms with van der Waals surface area (Å²) < 4.78 is 25.3. The van der Waals surface area contributed by atoms with E-state index in [-0.39, 0.29) is 4.90 Å². The van der Waals surface area contributed by atoms with E-state index in [0.29, 0.717) is 0 Å². The zero-order valence-electron chi connectivity index (χ0n) is 9.45. The second kappa shape index (κ2) is 5.15. The summed E-state index contributed by atoms with van der Waals surface area (Å²) >= 11 is 0. The van der Waals surface area contributed by atoms with Crippen LogP contribution in [0.1, 0.15) is 5.56 Å². The lowest BCUT2D eigenvalue weighted by Gasteiger charge is -2.11. The minimum Gasteiger partial charge on any atom is -0.480 e. The summed E-state index contributed by atoms with van der Waals surface area (Å²) in [5.41, 5.74) is 5.65. The Morgan fingerprint density at radius 1 is 1.28 bits per heavy atom. The summed E-state index contributed by atoms with van der Waals surface area (Å²) in [5, 5.41) is 8.67. The van der Waals surface area contributed by atoms with Crippen LogP contribution in [0.15, 0.2) is 29.2 Å². The first kappa shape index (κ1) is 14.1. The highest BCUT2D eigenvalue weighted by atomic mass is 32.2. The Morgan fingerprint density at radius 3 is 2.17 bits per heavy atom. The van der Waals surface area contributed by atoms with Crippen LogP contribution in [0.2, 0.25) is 0 Å². The molecule has 8 heteroatoms. The molecule has 1 rings (SSSR count). The molecule has 0 aliphatic carbocycles. The van der Waals surface area contributed by atoms with Crippen LogP contribution in [0.3, 0.4) is 0 Å². The highest BCUT2D eigenvalue weighted by Crippen LogP contribution is 2.10. The van der Waals surface area contributed by atoms with E-state index >= 15 is 0 Å². The zero-order chi connectivity index (χ0) is 13.9.